The third-order valence-electron chi connectivity index (χ3n) is 0. The van der Waals surface area contributed by atoms with E-state index in [0.29, 0.717) is 0 Å². The zero-order chi connectivity index (χ0) is 0. The van der Waals surface area contributed by atoms with Gasteiger partial charge < -0.3 is 2.85 Å². The molecule has 0 atom stereocenters. The first kappa shape index (κ1) is 85.7. The molecule has 0 aromatic carbocycles. The molecule has 0 aliphatic rings. The van der Waals surface area contributed by atoms with Gasteiger partial charge in [-0.3, -0.25) is 0 Å². The van der Waals surface area contributed by atoms with Gasteiger partial charge in [0.1, 0.15) is 0 Å². The molecule has 0 amide bonds. The van der Waals surface area contributed by atoms with Crippen molar-refractivity contribution in [3.63, 3.8) is 0 Å². The van der Waals surface area contributed by atoms with E-state index in [1.165, 1.54) is 0 Å². The average Bonchev–Trinajstić information content (AvgIpc) is 0. The molecule has 60 valence electrons. The minimum atomic E-state index is 0. The van der Waals surface area contributed by atoms with E-state index >= 15 is 0 Å². The Labute approximate surface area is 194 Å². The molecule has 0 aliphatic heterocycles. The van der Waals surface area contributed by atoms with Crippen molar-refractivity contribution in [3.05, 3.63) is 0 Å². The molecule has 0 saturated heterocycles. The Kier molecular flexibility index (Phi) is 652. The van der Waals surface area contributed by atoms with Crippen molar-refractivity contribution in [2.75, 3.05) is 0 Å². The third-order valence-corrected chi connectivity index (χ3v) is 0. The summed E-state index contributed by atoms with van der Waals surface area (Å²) in [6.07, 6.45) is 0. The van der Waals surface area contributed by atoms with Gasteiger partial charge in [0.15, 0.2) is 0 Å². The van der Waals surface area contributed by atoms with Crippen molar-refractivity contribution in [2.24, 2.45) is 0 Å². The summed E-state index contributed by atoms with van der Waals surface area (Å²) in [5, 5.41) is 0. The maximum absolute atomic E-state index is 0. The van der Waals surface area contributed by atoms with E-state index in [1.807, 2.05) is 0 Å². The topological polar surface area (TPSA) is 0 Å². The van der Waals surface area contributed by atoms with Crippen LogP contribution in [-0.2, 0) is 19.5 Å². The van der Waals surface area contributed by atoms with Crippen molar-refractivity contribution in [1.29, 1.82) is 0 Å². The molecular weight excluding hydrogens is 392 g/mol. The summed E-state index contributed by atoms with van der Waals surface area (Å²) in [6.45, 7) is 0. The predicted octanol–water partition coefficient (Wildman–Crippen LogP) is -3.24. The van der Waals surface area contributed by atoms with Crippen LogP contribution in [0.1, 0.15) is 2.85 Å². The Hall–Kier alpha value is 5.64. The van der Waals surface area contributed by atoms with Gasteiger partial charge in [0, 0.05) is 19.5 Å². The first-order chi connectivity index (χ1) is 0. The molecule has 0 aromatic heterocycles. The van der Waals surface area contributed by atoms with Crippen molar-refractivity contribution in [3.8, 4) is 0 Å². The monoisotopic (exact) mass is 398 g/mol. The quantitative estimate of drug-likeness (QED) is 0.376. The average molecular weight is 400 g/mol. The first-order valence-electron chi connectivity index (χ1n) is 0. The molecule has 0 heterocycles. The number of rotatable bonds is 0. The maximum atomic E-state index is 0. The van der Waals surface area contributed by atoms with Crippen LogP contribution in [-0.4, -0.2) is 0 Å². The summed E-state index contributed by atoms with van der Waals surface area (Å²) in [4.78, 5) is 0. The summed E-state index contributed by atoms with van der Waals surface area (Å²) in [6, 6.07) is 0. The van der Waals surface area contributed by atoms with Crippen molar-refractivity contribution in [1.82, 2.24) is 0 Å². The number of halogens is 6. The second kappa shape index (κ2) is 68.5. The molecule has 9 heteroatoms. The Morgan fingerprint density at radius 2 is 0.444 bits per heavy atom. The number of hydrogen-bond donors (Lipinski definition) is 0. The van der Waals surface area contributed by atoms with Crippen LogP contribution in [0.2, 0.25) is 0 Å². The first-order valence-corrected chi connectivity index (χ1v) is 0. The second-order valence-electron chi connectivity index (χ2n) is 0. The summed E-state index contributed by atoms with van der Waals surface area (Å²) < 4.78 is 0. The maximum Gasteiger partial charge on any atom is 1.00 e. The van der Waals surface area contributed by atoms with Gasteiger partial charge in [0.05, 0.1) is 0 Å². The fraction of sp³-hybridized carbons (Fsp3) is 0. The van der Waals surface area contributed by atoms with Crippen LogP contribution in [0.25, 0.3) is 0 Å². The molecule has 0 rings (SSSR count). The molecule has 0 bridgehead atoms. The summed E-state index contributed by atoms with van der Waals surface area (Å²) in [5.74, 6) is 0. The van der Waals surface area contributed by atoms with E-state index in [9.17, 15) is 0 Å². The Balaban J connectivity index is 0. The molecule has 0 radical (unpaired) electrons. The Bertz CT molecular complexity index is 18.5. The molecule has 0 saturated carbocycles. The Morgan fingerprint density at radius 3 is 0.444 bits per heavy atom. The van der Waals surface area contributed by atoms with E-state index < -0.39 is 0 Å². The molecule has 0 aliphatic carbocycles. The summed E-state index contributed by atoms with van der Waals surface area (Å²) >= 11 is 0. The van der Waals surface area contributed by atoms with E-state index in [0.717, 1.165) is 0 Å². The van der Waals surface area contributed by atoms with Gasteiger partial charge in [0.2, 0.25) is 0 Å². The molecule has 0 fully saturated rings. The SMILES string of the molecule is Cl.Cl.Cl.Cl.Cl.Cl.[H-].[H-].[K+].[K+].[Ru]. The Morgan fingerprint density at radius 1 is 0.444 bits per heavy atom. The molecule has 0 aromatic rings. The molecule has 0 unspecified atom stereocenters. The third kappa shape index (κ3) is 58.1. The van der Waals surface area contributed by atoms with Crippen LogP contribution in [0.15, 0.2) is 0 Å². The fourth-order valence-corrected chi connectivity index (χ4v) is 0. The van der Waals surface area contributed by atoms with Crippen molar-refractivity contribution < 1.29 is 125 Å². The van der Waals surface area contributed by atoms with Gasteiger partial charge in [-0.15, -0.1) is 74.4 Å². The largest absolute Gasteiger partial charge is 1.00 e. The van der Waals surface area contributed by atoms with Gasteiger partial charge in [-0.1, -0.05) is 0 Å². The molecule has 9 heavy (non-hydrogen) atoms. The smallest absolute Gasteiger partial charge is 1.00 e. The fourth-order valence-electron chi connectivity index (χ4n) is 0. The second-order valence-corrected chi connectivity index (χ2v) is 0. The van der Waals surface area contributed by atoms with Crippen molar-refractivity contribution in [2.45, 2.75) is 0 Å². The van der Waals surface area contributed by atoms with Crippen LogP contribution in [0, 0.1) is 0 Å². The van der Waals surface area contributed by atoms with Gasteiger partial charge in [-0.25, -0.2) is 0 Å². The summed E-state index contributed by atoms with van der Waals surface area (Å²) in [7, 11) is 0. The normalized spacial score (nSPS) is 0. The van der Waals surface area contributed by atoms with Gasteiger partial charge in [-0.05, 0) is 0 Å². The van der Waals surface area contributed by atoms with Crippen LogP contribution >= 0.6 is 74.4 Å². The van der Waals surface area contributed by atoms with E-state index in [4.69, 9.17) is 0 Å². The summed E-state index contributed by atoms with van der Waals surface area (Å²) in [5.41, 5.74) is 0. The van der Waals surface area contributed by atoms with Crippen LogP contribution in [0.4, 0.5) is 0 Å². The van der Waals surface area contributed by atoms with Crippen molar-refractivity contribution >= 4 is 74.4 Å². The van der Waals surface area contributed by atoms with E-state index in [2.05, 4.69) is 0 Å². The molecular formula is H8Cl6K2Ru. The van der Waals surface area contributed by atoms with E-state index in [1.54, 1.807) is 0 Å². The van der Waals surface area contributed by atoms with Crippen LogP contribution in [0.5, 0.6) is 0 Å². The zero-order valence-corrected chi connectivity index (χ0v) is 17.7. The zero-order valence-electron chi connectivity index (χ0n) is 6.80. The van der Waals surface area contributed by atoms with Crippen LogP contribution < -0.4 is 103 Å². The van der Waals surface area contributed by atoms with Gasteiger partial charge in [-0.2, -0.15) is 0 Å². The predicted molar refractivity (Wildman–Crippen MR) is 45.7 cm³/mol. The molecule has 0 spiro atoms. The standard InChI is InChI=1S/6ClH.2K.Ru.2H/h6*1H;;;;;/q;;;;;;2*+1;;2*-1. The van der Waals surface area contributed by atoms with E-state index in [-0.39, 0.29) is 200 Å². The number of hydrogen-bond acceptors (Lipinski definition) is 0. The van der Waals surface area contributed by atoms with Gasteiger partial charge >= 0.3 is 103 Å². The van der Waals surface area contributed by atoms with Gasteiger partial charge in [0.25, 0.3) is 0 Å². The molecule has 0 N–H and O–H groups in total. The minimum absolute atomic E-state index is 0. The van der Waals surface area contributed by atoms with Crippen LogP contribution in [0.3, 0.4) is 0 Å². The minimum Gasteiger partial charge on any atom is -1.00 e. The molecule has 0 nitrogen and oxygen atoms in total.